The molecule has 2 rings (SSSR count). The lowest BCUT2D eigenvalue weighted by atomic mass is 9.94. The molecule has 0 saturated heterocycles. The molecule has 0 heterocycles. The van der Waals surface area contributed by atoms with Crippen LogP contribution >= 0.6 is 0 Å². The lowest BCUT2D eigenvalue weighted by molar-refractivity contribution is 1.11. The Morgan fingerprint density at radius 2 is 1.62 bits per heavy atom. The fourth-order valence-corrected chi connectivity index (χ4v) is 2.92. The molecular formula is C26H34. The predicted octanol–water partition coefficient (Wildman–Crippen LogP) is 7.65. The zero-order valence-corrected chi connectivity index (χ0v) is 17.2. The van der Waals surface area contributed by atoms with E-state index in [2.05, 4.69) is 96.3 Å². The molecule has 0 fully saturated rings. The van der Waals surface area contributed by atoms with Crippen LogP contribution in [0.15, 0.2) is 73.3 Å². The molecule has 0 heteroatoms. The molecule has 0 aliphatic heterocycles. The van der Waals surface area contributed by atoms with Crippen LogP contribution < -0.4 is 0 Å². The van der Waals surface area contributed by atoms with Crippen LogP contribution in [0.1, 0.15) is 55.0 Å². The first-order valence-electron chi connectivity index (χ1n) is 9.47. The lowest BCUT2D eigenvalue weighted by Crippen LogP contribution is -1.92. The van der Waals surface area contributed by atoms with E-state index in [1.54, 1.807) is 0 Å². The summed E-state index contributed by atoms with van der Waals surface area (Å²) in [5.74, 6) is 0. The van der Waals surface area contributed by atoms with Gasteiger partial charge in [-0.25, -0.2) is 0 Å². The predicted molar refractivity (Wildman–Crippen MR) is 119 cm³/mol. The van der Waals surface area contributed by atoms with Crippen LogP contribution in [-0.2, 0) is 12.8 Å². The van der Waals surface area contributed by atoms with Gasteiger partial charge >= 0.3 is 0 Å². The highest BCUT2D eigenvalue weighted by atomic mass is 14.1. The normalized spacial score (nSPS) is 10.7. The molecule has 0 nitrogen and oxygen atoms in total. The maximum absolute atomic E-state index is 3.87. The monoisotopic (exact) mass is 346 g/mol. The van der Waals surface area contributed by atoms with Gasteiger partial charge in [0.2, 0.25) is 0 Å². The third-order valence-corrected chi connectivity index (χ3v) is 4.33. The summed E-state index contributed by atoms with van der Waals surface area (Å²) in [5.41, 5.74) is 9.41. The van der Waals surface area contributed by atoms with Crippen LogP contribution in [0.4, 0.5) is 0 Å². The number of aryl methyl sites for hydroxylation is 3. The van der Waals surface area contributed by atoms with Gasteiger partial charge in [0.15, 0.2) is 0 Å². The van der Waals surface area contributed by atoms with E-state index in [0.717, 1.165) is 19.3 Å². The van der Waals surface area contributed by atoms with Crippen LogP contribution in [0.25, 0.3) is 5.57 Å². The van der Waals surface area contributed by atoms with Crippen molar-refractivity contribution in [3.63, 3.8) is 0 Å². The van der Waals surface area contributed by atoms with E-state index in [1.807, 2.05) is 6.08 Å². The van der Waals surface area contributed by atoms with Crippen molar-refractivity contribution < 1.29 is 0 Å². The molecule has 0 bridgehead atoms. The van der Waals surface area contributed by atoms with E-state index in [0.29, 0.717) is 0 Å². The first kappa shape index (κ1) is 21.7. The summed E-state index contributed by atoms with van der Waals surface area (Å²) in [6.07, 6.45) is 7.19. The molecule has 138 valence electrons. The number of hydrogen-bond acceptors (Lipinski definition) is 0. The Labute approximate surface area is 161 Å². The average Bonchev–Trinajstić information content (AvgIpc) is 2.62. The van der Waals surface area contributed by atoms with Crippen LogP contribution in [0.5, 0.6) is 0 Å². The van der Waals surface area contributed by atoms with E-state index in [-0.39, 0.29) is 0 Å². The topological polar surface area (TPSA) is 0 Å². The molecule has 0 N–H and O–H groups in total. The van der Waals surface area contributed by atoms with Gasteiger partial charge in [-0.15, -0.1) is 6.58 Å². The Balaban J connectivity index is 0.000000273. The van der Waals surface area contributed by atoms with E-state index < -0.39 is 0 Å². The number of benzene rings is 2. The van der Waals surface area contributed by atoms with E-state index >= 15 is 0 Å². The van der Waals surface area contributed by atoms with Crippen molar-refractivity contribution in [3.8, 4) is 0 Å². The fraction of sp³-hybridized carbons (Fsp3) is 0.308. The molecule has 0 amide bonds. The third-order valence-electron chi connectivity index (χ3n) is 4.33. The molecule has 0 saturated carbocycles. The molecule has 26 heavy (non-hydrogen) atoms. The maximum Gasteiger partial charge on any atom is -0.00726 e. The third kappa shape index (κ3) is 7.27. The van der Waals surface area contributed by atoms with E-state index in [1.165, 1.54) is 39.0 Å². The van der Waals surface area contributed by atoms with Crippen molar-refractivity contribution in [2.45, 2.75) is 53.9 Å². The first-order chi connectivity index (χ1) is 12.4. The van der Waals surface area contributed by atoms with Crippen LogP contribution in [-0.4, -0.2) is 0 Å². The quantitative estimate of drug-likeness (QED) is 0.471. The van der Waals surface area contributed by atoms with Crippen molar-refractivity contribution in [2.24, 2.45) is 0 Å². The van der Waals surface area contributed by atoms with Gasteiger partial charge in [0, 0.05) is 0 Å². The number of rotatable bonds is 6. The van der Waals surface area contributed by atoms with Gasteiger partial charge in [0.05, 0.1) is 0 Å². The summed E-state index contributed by atoms with van der Waals surface area (Å²) < 4.78 is 0. The lowest BCUT2D eigenvalue weighted by Gasteiger charge is -2.11. The van der Waals surface area contributed by atoms with Crippen molar-refractivity contribution in [3.05, 3.63) is 101 Å². The highest BCUT2D eigenvalue weighted by Crippen LogP contribution is 2.24. The summed E-state index contributed by atoms with van der Waals surface area (Å²) in [5, 5.41) is 0. The summed E-state index contributed by atoms with van der Waals surface area (Å²) in [7, 11) is 0. The van der Waals surface area contributed by atoms with Crippen LogP contribution in [0.2, 0.25) is 0 Å². The van der Waals surface area contributed by atoms with Gasteiger partial charge in [0.25, 0.3) is 0 Å². The summed E-state index contributed by atoms with van der Waals surface area (Å²) >= 11 is 0. The molecule has 0 atom stereocenters. The molecule has 2 aromatic rings. The Kier molecular flexibility index (Phi) is 9.44. The molecule has 0 spiro atoms. The Morgan fingerprint density at radius 1 is 1.00 bits per heavy atom. The highest BCUT2D eigenvalue weighted by Gasteiger charge is 2.04. The summed E-state index contributed by atoms with van der Waals surface area (Å²) in [6.45, 7) is 18.3. The van der Waals surface area contributed by atoms with Crippen LogP contribution in [0.3, 0.4) is 0 Å². The molecule has 2 aromatic carbocycles. The SMILES string of the molecule is C=C(C)Cc1ccc(C)cc1.C=CC/C(=C\C)c1ccc(C)cc1CC. The highest BCUT2D eigenvalue weighted by molar-refractivity contribution is 5.69. The van der Waals surface area contributed by atoms with Gasteiger partial charge in [-0.2, -0.15) is 0 Å². The number of hydrogen-bond donors (Lipinski definition) is 0. The zero-order chi connectivity index (χ0) is 19.5. The zero-order valence-electron chi connectivity index (χ0n) is 17.2. The average molecular weight is 347 g/mol. The van der Waals surface area contributed by atoms with E-state index in [4.69, 9.17) is 0 Å². The minimum absolute atomic E-state index is 0.951. The van der Waals surface area contributed by atoms with Gasteiger partial charge < -0.3 is 0 Å². The molecule has 0 aromatic heterocycles. The van der Waals surface area contributed by atoms with Gasteiger partial charge in [-0.05, 0) is 69.2 Å². The Bertz CT molecular complexity index is 742. The van der Waals surface area contributed by atoms with Crippen molar-refractivity contribution in [1.29, 1.82) is 0 Å². The molecule has 0 radical (unpaired) electrons. The minimum atomic E-state index is 0.951. The fourth-order valence-electron chi connectivity index (χ4n) is 2.92. The summed E-state index contributed by atoms with van der Waals surface area (Å²) in [6, 6.07) is 15.3. The van der Waals surface area contributed by atoms with Crippen molar-refractivity contribution in [2.75, 3.05) is 0 Å². The second-order valence-corrected chi connectivity index (χ2v) is 6.94. The summed E-state index contributed by atoms with van der Waals surface area (Å²) in [4.78, 5) is 0. The Hall–Kier alpha value is -2.34. The first-order valence-corrected chi connectivity index (χ1v) is 9.47. The van der Waals surface area contributed by atoms with Crippen molar-refractivity contribution >= 4 is 5.57 Å². The molecular weight excluding hydrogens is 312 g/mol. The maximum atomic E-state index is 3.87. The Morgan fingerprint density at radius 3 is 2.12 bits per heavy atom. The second-order valence-electron chi connectivity index (χ2n) is 6.94. The number of allylic oxidation sites excluding steroid dienone is 4. The molecule has 0 unspecified atom stereocenters. The van der Waals surface area contributed by atoms with Gasteiger partial charge in [0.1, 0.15) is 0 Å². The second kappa shape index (κ2) is 11.3. The largest absolute Gasteiger partial charge is 0.103 e. The van der Waals surface area contributed by atoms with Crippen LogP contribution in [0, 0.1) is 13.8 Å². The van der Waals surface area contributed by atoms with Gasteiger partial charge in [-0.1, -0.05) is 84.8 Å². The van der Waals surface area contributed by atoms with E-state index in [9.17, 15) is 0 Å². The van der Waals surface area contributed by atoms with Crippen molar-refractivity contribution in [1.82, 2.24) is 0 Å². The minimum Gasteiger partial charge on any atom is -0.103 e. The standard InChI is InChI=1S/C15H20.C11H14/c1-5-8-13(6-2)15-10-9-12(4)11-14(15)7-3;1-9(2)8-11-6-4-10(3)5-7-11/h5-6,9-11H,1,7-8H2,2-4H3;4-7H,1,8H2,2-3H3/b13-6+;. The molecule has 0 aliphatic rings. The smallest absolute Gasteiger partial charge is 0.00726 e. The van der Waals surface area contributed by atoms with Gasteiger partial charge in [-0.3, -0.25) is 0 Å². The molecule has 0 aliphatic carbocycles.